The standard InChI is InChI=1S/C29H37N3O3/c33-26(21-23-13-7-8-14-23)31-27(24-15-5-2-6-16-24)28(34)30-25-17-9-10-19-32(29(25)35)20-18-22-11-3-1-4-12-22/h1-6,11-12,15-16,23,25,27H,7-10,13-14,17-21H2,(H,30,34)(H,31,33). The Morgan fingerprint density at radius 1 is 0.886 bits per heavy atom. The van der Waals surface area contributed by atoms with Crippen LogP contribution in [-0.2, 0) is 20.8 Å². The molecule has 1 aliphatic carbocycles. The van der Waals surface area contributed by atoms with E-state index in [2.05, 4.69) is 22.8 Å². The van der Waals surface area contributed by atoms with E-state index in [1.807, 2.05) is 53.4 Å². The van der Waals surface area contributed by atoms with Crippen molar-refractivity contribution in [2.45, 2.75) is 69.9 Å². The van der Waals surface area contributed by atoms with Crippen LogP contribution < -0.4 is 10.6 Å². The van der Waals surface area contributed by atoms with E-state index in [4.69, 9.17) is 0 Å². The van der Waals surface area contributed by atoms with Crippen LogP contribution in [0.2, 0.25) is 0 Å². The van der Waals surface area contributed by atoms with Gasteiger partial charge in [-0.15, -0.1) is 0 Å². The summed E-state index contributed by atoms with van der Waals surface area (Å²) in [6.45, 7) is 1.34. The number of hydrogen-bond acceptors (Lipinski definition) is 3. The Labute approximate surface area is 208 Å². The van der Waals surface area contributed by atoms with Gasteiger partial charge in [-0.05, 0) is 55.6 Å². The van der Waals surface area contributed by atoms with Crippen molar-refractivity contribution in [2.75, 3.05) is 13.1 Å². The first-order chi connectivity index (χ1) is 17.1. The fraction of sp³-hybridized carbons (Fsp3) is 0.483. The monoisotopic (exact) mass is 475 g/mol. The summed E-state index contributed by atoms with van der Waals surface area (Å²) in [6.07, 6.45) is 8.15. The molecule has 0 bridgehead atoms. The van der Waals surface area contributed by atoms with Crippen molar-refractivity contribution >= 4 is 17.7 Å². The molecule has 2 aliphatic rings. The normalized spacial score (nSPS) is 19.7. The lowest BCUT2D eigenvalue weighted by Crippen LogP contribution is -2.51. The van der Waals surface area contributed by atoms with Gasteiger partial charge < -0.3 is 15.5 Å². The molecule has 2 unspecified atom stereocenters. The van der Waals surface area contributed by atoms with E-state index >= 15 is 0 Å². The lowest BCUT2D eigenvalue weighted by Gasteiger charge is -2.27. The molecule has 35 heavy (non-hydrogen) atoms. The number of likely N-dealkylation sites (tertiary alicyclic amines) is 1. The number of amides is 3. The topological polar surface area (TPSA) is 78.5 Å². The van der Waals surface area contributed by atoms with Crippen LogP contribution in [0.3, 0.4) is 0 Å². The van der Waals surface area contributed by atoms with Crippen molar-refractivity contribution in [3.05, 3.63) is 71.8 Å². The first-order valence-corrected chi connectivity index (χ1v) is 13.1. The van der Waals surface area contributed by atoms with Gasteiger partial charge in [0.25, 0.3) is 0 Å². The molecule has 2 aromatic rings. The van der Waals surface area contributed by atoms with Crippen molar-refractivity contribution in [1.82, 2.24) is 15.5 Å². The summed E-state index contributed by atoms with van der Waals surface area (Å²) in [7, 11) is 0. The van der Waals surface area contributed by atoms with E-state index < -0.39 is 12.1 Å². The Kier molecular flexibility index (Phi) is 8.93. The predicted octanol–water partition coefficient (Wildman–Crippen LogP) is 4.16. The van der Waals surface area contributed by atoms with Crippen LogP contribution in [0.4, 0.5) is 0 Å². The molecule has 2 aromatic carbocycles. The molecule has 186 valence electrons. The second-order valence-corrected chi connectivity index (χ2v) is 9.88. The van der Waals surface area contributed by atoms with Gasteiger partial charge in [0.1, 0.15) is 12.1 Å². The number of nitrogens with zero attached hydrogens (tertiary/aromatic N) is 1. The number of carbonyl (C=O) groups excluding carboxylic acids is 3. The molecule has 1 heterocycles. The second-order valence-electron chi connectivity index (χ2n) is 9.88. The predicted molar refractivity (Wildman–Crippen MR) is 136 cm³/mol. The molecule has 4 rings (SSSR count). The van der Waals surface area contributed by atoms with Crippen LogP contribution in [0.15, 0.2) is 60.7 Å². The molecule has 6 heteroatoms. The first kappa shape index (κ1) is 25.0. The van der Waals surface area contributed by atoms with Crippen LogP contribution in [0.5, 0.6) is 0 Å². The van der Waals surface area contributed by atoms with E-state index in [0.717, 1.165) is 37.7 Å². The van der Waals surface area contributed by atoms with Crippen LogP contribution in [0.25, 0.3) is 0 Å². The van der Waals surface area contributed by atoms with Gasteiger partial charge in [0.05, 0.1) is 0 Å². The maximum atomic E-state index is 13.4. The molecule has 2 fully saturated rings. The zero-order chi connectivity index (χ0) is 24.5. The molecular weight excluding hydrogens is 438 g/mol. The Morgan fingerprint density at radius 2 is 1.54 bits per heavy atom. The van der Waals surface area contributed by atoms with E-state index in [1.54, 1.807) is 0 Å². The average Bonchev–Trinajstić information content (AvgIpc) is 3.33. The SMILES string of the molecule is O=C(CC1CCCC1)NC(C(=O)NC1CCCCN(CCc2ccccc2)C1=O)c1ccccc1. The van der Waals surface area contributed by atoms with Gasteiger partial charge in [0, 0.05) is 19.5 Å². The maximum absolute atomic E-state index is 13.4. The quantitative estimate of drug-likeness (QED) is 0.572. The molecule has 1 aliphatic heterocycles. The van der Waals surface area contributed by atoms with Gasteiger partial charge in [-0.2, -0.15) is 0 Å². The molecule has 6 nitrogen and oxygen atoms in total. The van der Waals surface area contributed by atoms with Gasteiger partial charge >= 0.3 is 0 Å². The molecule has 2 N–H and O–H groups in total. The van der Waals surface area contributed by atoms with Gasteiger partial charge in [0.2, 0.25) is 17.7 Å². The highest BCUT2D eigenvalue weighted by atomic mass is 16.2. The third kappa shape index (κ3) is 7.17. The lowest BCUT2D eigenvalue weighted by atomic mass is 10.0. The summed E-state index contributed by atoms with van der Waals surface area (Å²) in [5.74, 6) is -0.0521. The lowest BCUT2D eigenvalue weighted by molar-refractivity contribution is -0.137. The van der Waals surface area contributed by atoms with Crippen molar-refractivity contribution < 1.29 is 14.4 Å². The minimum Gasteiger partial charge on any atom is -0.342 e. The molecule has 0 radical (unpaired) electrons. The van der Waals surface area contributed by atoms with Gasteiger partial charge in [-0.3, -0.25) is 14.4 Å². The summed E-state index contributed by atoms with van der Waals surface area (Å²) in [4.78, 5) is 41.4. The number of nitrogens with one attached hydrogen (secondary N) is 2. The zero-order valence-corrected chi connectivity index (χ0v) is 20.5. The van der Waals surface area contributed by atoms with Crippen LogP contribution in [-0.4, -0.2) is 41.8 Å². The zero-order valence-electron chi connectivity index (χ0n) is 20.5. The molecular formula is C29H37N3O3. The molecule has 0 aromatic heterocycles. The molecule has 0 spiro atoms. The minimum atomic E-state index is -0.807. The third-order valence-corrected chi connectivity index (χ3v) is 7.26. The van der Waals surface area contributed by atoms with Crippen molar-refractivity contribution in [2.24, 2.45) is 5.92 Å². The molecule has 3 amide bonds. The molecule has 1 saturated carbocycles. The van der Waals surface area contributed by atoms with Crippen molar-refractivity contribution in [3.63, 3.8) is 0 Å². The summed E-state index contributed by atoms with van der Waals surface area (Å²) >= 11 is 0. The fourth-order valence-corrected chi connectivity index (χ4v) is 5.27. The Bertz CT molecular complexity index is 973. The fourth-order valence-electron chi connectivity index (χ4n) is 5.27. The maximum Gasteiger partial charge on any atom is 0.247 e. The smallest absolute Gasteiger partial charge is 0.247 e. The summed E-state index contributed by atoms with van der Waals surface area (Å²) in [5, 5.41) is 5.95. The molecule has 1 saturated heterocycles. The largest absolute Gasteiger partial charge is 0.342 e. The highest BCUT2D eigenvalue weighted by molar-refractivity contribution is 5.93. The van der Waals surface area contributed by atoms with Crippen LogP contribution >= 0.6 is 0 Å². The number of rotatable bonds is 9. The minimum absolute atomic E-state index is 0.0316. The Hall–Kier alpha value is -3.15. The van der Waals surface area contributed by atoms with Gasteiger partial charge in [-0.25, -0.2) is 0 Å². The highest BCUT2D eigenvalue weighted by Gasteiger charge is 2.32. The Balaban J connectivity index is 1.41. The van der Waals surface area contributed by atoms with E-state index in [-0.39, 0.29) is 17.7 Å². The van der Waals surface area contributed by atoms with Crippen molar-refractivity contribution in [1.29, 1.82) is 0 Å². The summed E-state index contributed by atoms with van der Waals surface area (Å²) < 4.78 is 0. The molecule has 2 atom stereocenters. The number of hydrogen-bond donors (Lipinski definition) is 2. The third-order valence-electron chi connectivity index (χ3n) is 7.26. The highest BCUT2D eigenvalue weighted by Crippen LogP contribution is 2.28. The van der Waals surface area contributed by atoms with Crippen LogP contribution in [0, 0.1) is 5.92 Å². The van der Waals surface area contributed by atoms with Crippen LogP contribution in [0.1, 0.15) is 68.5 Å². The van der Waals surface area contributed by atoms with E-state index in [1.165, 1.54) is 18.4 Å². The summed E-state index contributed by atoms with van der Waals surface area (Å²) in [5.41, 5.74) is 1.92. The van der Waals surface area contributed by atoms with E-state index in [9.17, 15) is 14.4 Å². The second kappa shape index (κ2) is 12.5. The summed E-state index contributed by atoms with van der Waals surface area (Å²) in [6, 6.07) is 18.1. The van der Waals surface area contributed by atoms with Gasteiger partial charge in [0.15, 0.2) is 0 Å². The first-order valence-electron chi connectivity index (χ1n) is 13.1. The van der Waals surface area contributed by atoms with E-state index in [0.29, 0.717) is 31.8 Å². The Morgan fingerprint density at radius 3 is 2.26 bits per heavy atom. The van der Waals surface area contributed by atoms with Crippen molar-refractivity contribution in [3.8, 4) is 0 Å². The van der Waals surface area contributed by atoms with Gasteiger partial charge in [-0.1, -0.05) is 73.5 Å². The number of carbonyl (C=O) groups is 3. The number of benzene rings is 2. The average molecular weight is 476 g/mol.